The zero-order valence-corrected chi connectivity index (χ0v) is 11.7. The van der Waals surface area contributed by atoms with Gasteiger partial charge in [0.15, 0.2) is 0 Å². The van der Waals surface area contributed by atoms with Crippen molar-refractivity contribution in [1.29, 1.82) is 0 Å². The predicted molar refractivity (Wildman–Crippen MR) is 76.6 cm³/mol. The molecule has 0 saturated carbocycles. The van der Waals surface area contributed by atoms with Gasteiger partial charge in [0.05, 0.1) is 4.92 Å². The molecule has 0 amide bonds. The number of carboxylic acid groups (broad SMARTS) is 1. The summed E-state index contributed by atoms with van der Waals surface area (Å²) in [7, 11) is 0. The van der Waals surface area contributed by atoms with Crippen LogP contribution in [0, 0.1) is 17.0 Å². The molecule has 7 heteroatoms. The van der Waals surface area contributed by atoms with Crippen LogP contribution >= 0.6 is 11.6 Å². The maximum Gasteiger partial charge on any atom is 0.317 e. The molecule has 21 heavy (non-hydrogen) atoms. The Morgan fingerprint density at radius 3 is 2.57 bits per heavy atom. The number of halogens is 1. The van der Waals surface area contributed by atoms with Gasteiger partial charge >= 0.3 is 5.97 Å². The molecule has 0 spiro atoms. The number of hydrogen-bond acceptors (Lipinski definition) is 4. The average molecular weight is 307 g/mol. The first-order chi connectivity index (χ1) is 9.91. The normalized spacial score (nSPS) is 11.9. The third-order valence-corrected chi connectivity index (χ3v) is 3.30. The van der Waals surface area contributed by atoms with Crippen LogP contribution in [0.3, 0.4) is 0 Å². The SMILES string of the molecule is Cc1ccccc1C(C(=O)O)c1nc(Cl)ccc1[N+](=O)[O-]. The molecule has 1 N–H and O–H groups in total. The van der Waals surface area contributed by atoms with Gasteiger partial charge in [0.1, 0.15) is 16.8 Å². The monoisotopic (exact) mass is 306 g/mol. The van der Waals surface area contributed by atoms with E-state index < -0.39 is 16.8 Å². The van der Waals surface area contributed by atoms with Crippen LogP contribution < -0.4 is 0 Å². The molecule has 1 heterocycles. The summed E-state index contributed by atoms with van der Waals surface area (Å²) in [5, 5.41) is 20.6. The highest BCUT2D eigenvalue weighted by Gasteiger charge is 2.32. The molecule has 1 unspecified atom stereocenters. The minimum Gasteiger partial charge on any atom is -0.480 e. The van der Waals surface area contributed by atoms with E-state index in [0.29, 0.717) is 11.1 Å². The number of carboxylic acids is 1. The fourth-order valence-corrected chi connectivity index (χ4v) is 2.27. The lowest BCUT2D eigenvalue weighted by Gasteiger charge is -2.15. The van der Waals surface area contributed by atoms with Gasteiger partial charge in [0.2, 0.25) is 0 Å². The van der Waals surface area contributed by atoms with E-state index in [2.05, 4.69) is 4.98 Å². The maximum atomic E-state index is 11.6. The zero-order valence-electron chi connectivity index (χ0n) is 11.0. The Kier molecular flexibility index (Phi) is 4.18. The number of aryl methyl sites for hydroxylation is 1. The average Bonchev–Trinajstić information content (AvgIpc) is 2.40. The first-order valence-electron chi connectivity index (χ1n) is 6.01. The van der Waals surface area contributed by atoms with Gasteiger partial charge in [-0.3, -0.25) is 14.9 Å². The van der Waals surface area contributed by atoms with Crippen molar-refractivity contribution in [2.75, 3.05) is 0 Å². The summed E-state index contributed by atoms with van der Waals surface area (Å²) in [6.45, 7) is 1.74. The van der Waals surface area contributed by atoms with Crippen LogP contribution in [0.25, 0.3) is 0 Å². The van der Waals surface area contributed by atoms with Crippen molar-refractivity contribution in [2.24, 2.45) is 0 Å². The number of pyridine rings is 1. The first-order valence-corrected chi connectivity index (χ1v) is 6.38. The highest BCUT2D eigenvalue weighted by atomic mass is 35.5. The van der Waals surface area contributed by atoms with E-state index >= 15 is 0 Å². The van der Waals surface area contributed by atoms with Crippen molar-refractivity contribution < 1.29 is 14.8 Å². The smallest absolute Gasteiger partial charge is 0.317 e. The van der Waals surface area contributed by atoms with Crippen LogP contribution in [0.1, 0.15) is 22.7 Å². The highest BCUT2D eigenvalue weighted by molar-refractivity contribution is 6.29. The van der Waals surface area contributed by atoms with Gasteiger partial charge in [-0.05, 0) is 24.1 Å². The molecule has 0 aliphatic heterocycles. The standard InChI is InChI=1S/C14H11ClN2O4/c1-8-4-2-3-5-9(8)12(14(18)19)13-10(17(20)21)6-7-11(15)16-13/h2-7,12H,1H3,(H,18,19). The summed E-state index contributed by atoms with van der Waals surface area (Å²) in [4.78, 5) is 26.0. The van der Waals surface area contributed by atoms with Gasteiger partial charge in [-0.1, -0.05) is 35.9 Å². The predicted octanol–water partition coefficient (Wildman–Crippen LogP) is 3.17. The summed E-state index contributed by atoms with van der Waals surface area (Å²) in [6.07, 6.45) is 0. The van der Waals surface area contributed by atoms with Crippen LogP contribution in [0.5, 0.6) is 0 Å². The highest BCUT2D eigenvalue weighted by Crippen LogP contribution is 2.33. The van der Waals surface area contributed by atoms with Gasteiger partial charge in [-0.15, -0.1) is 0 Å². The van der Waals surface area contributed by atoms with E-state index in [-0.39, 0.29) is 16.5 Å². The molecular formula is C14H11ClN2O4. The third kappa shape index (κ3) is 3.00. The quantitative estimate of drug-likeness (QED) is 0.532. The van der Waals surface area contributed by atoms with E-state index in [0.717, 1.165) is 0 Å². The van der Waals surface area contributed by atoms with Gasteiger partial charge < -0.3 is 5.11 Å². The number of nitro groups is 1. The largest absolute Gasteiger partial charge is 0.480 e. The Morgan fingerprint density at radius 2 is 2.00 bits per heavy atom. The number of rotatable bonds is 4. The van der Waals surface area contributed by atoms with E-state index in [1.165, 1.54) is 12.1 Å². The van der Waals surface area contributed by atoms with E-state index in [9.17, 15) is 20.0 Å². The van der Waals surface area contributed by atoms with Crippen molar-refractivity contribution in [2.45, 2.75) is 12.8 Å². The van der Waals surface area contributed by atoms with Crippen LogP contribution in [-0.4, -0.2) is 21.0 Å². The van der Waals surface area contributed by atoms with Gasteiger partial charge in [-0.25, -0.2) is 4.98 Å². The second-order valence-corrected chi connectivity index (χ2v) is 4.81. The van der Waals surface area contributed by atoms with Crippen molar-refractivity contribution in [3.05, 3.63) is 68.5 Å². The van der Waals surface area contributed by atoms with Crippen LogP contribution in [-0.2, 0) is 4.79 Å². The van der Waals surface area contributed by atoms with Crippen LogP contribution in [0.4, 0.5) is 5.69 Å². The second kappa shape index (κ2) is 5.88. The van der Waals surface area contributed by atoms with Crippen molar-refractivity contribution in [3.63, 3.8) is 0 Å². The number of aliphatic carboxylic acids is 1. The third-order valence-electron chi connectivity index (χ3n) is 3.08. The molecular weight excluding hydrogens is 296 g/mol. The molecule has 2 aromatic rings. The lowest BCUT2D eigenvalue weighted by Crippen LogP contribution is -2.17. The molecule has 1 atom stereocenters. The first kappa shape index (κ1) is 14.9. The number of benzene rings is 1. The molecule has 0 saturated heterocycles. The Morgan fingerprint density at radius 1 is 1.33 bits per heavy atom. The molecule has 1 aromatic carbocycles. The summed E-state index contributed by atoms with van der Waals surface area (Å²) >= 11 is 5.77. The number of carbonyl (C=O) groups is 1. The topological polar surface area (TPSA) is 93.3 Å². The van der Waals surface area contributed by atoms with Gasteiger partial charge in [-0.2, -0.15) is 0 Å². The van der Waals surface area contributed by atoms with Crippen LogP contribution in [0.2, 0.25) is 5.15 Å². The van der Waals surface area contributed by atoms with E-state index in [1.807, 2.05) is 0 Å². The Bertz CT molecular complexity index is 718. The molecule has 0 fully saturated rings. The van der Waals surface area contributed by atoms with Crippen molar-refractivity contribution in [3.8, 4) is 0 Å². The molecule has 0 aliphatic rings. The molecule has 2 rings (SSSR count). The Balaban J connectivity index is 2.70. The Hall–Kier alpha value is -2.47. The number of nitrogens with zero attached hydrogens (tertiary/aromatic N) is 2. The number of hydrogen-bond donors (Lipinski definition) is 1. The van der Waals surface area contributed by atoms with Crippen LogP contribution in [0.15, 0.2) is 36.4 Å². The zero-order chi connectivity index (χ0) is 15.6. The fraction of sp³-hybridized carbons (Fsp3) is 0.143. The minimum atomic E-state index is -1.25. The summed E-state index contributed by atoms with van der Waals surface area (Å²) in [5.41, 5.74) is 0.619. The molecule has 6 nitrogen and oxygen atoms in total. The number of aromatic nitrogens is 1. The molecule has 108 valence electrons. The summed E-state index contributed by atoms with van der Waals surface area (Å²) < 4.78 is 0. The van der Waals surface area contributed by atoms with Gasteiger partial charge in [0.25, 0.3) is 5.69 Å². The van der Waals surface area contributed by atoms with Crippen molar-refractivity contribution >= 4 is 23.3 Å². The van der Waals surface area contributed by atoms with Crippen molar-refractivity contribution in [1.82, 2.24) is 4.98 Å². The lowest BCUT2D eigenvalue weighted by molar-refractivity contribution is -0.386. The molecule has 1 aromatic heterocycles. The lowest BCUT2D eigenvalue weighted by atomic mass is 9.91. The summed E-state index contributed by atoms with van der Waals surface area (Å²) in [5.74, 6) is -2.47. The second-order valence-electron chi connectivity index (χ2n) is 4.42. The summed E-state index contributed by atoms with van der Waals surface area (Å²) in [6, 6.07) is 9.22. The van der Waals surface area contributed by atoms with Gasteiger partial charge in [0, 0.05) is 6.07 Å². The molecule has 0 radical (unpaired) electrons. The minimum absolute atomic E-state index is 0.00966. The van der Waals surface area contributed by atoms with E-state index in [4.69, 9.17) is 11.6 Å². The Labute approximate surface area is 125 Å². The molecule has 0 aliphatic carbocycles. The maximum absolute atomic E-state index is 11.6. The fourth-order valence-electron chi connectivity index (χ4n) is 2.12. The van der Waals surface area contributed by atoms with E-state index in [1.54, 1.807) is 31.2 Å². The molecule has 0 bridgehead atoms.